The first-order valence-corrected chi connectivity index (χ1v) is 10.4. The second-order valence-corrected chi connectivity index (χ2v) is 7.58. The average molecular weight is 440 g/mol. The molecule has 7 nitrogen and oxygen atoms in total. The molecule has 2 aromatic carbocycles. The fourth-order valence-corrected chi connectivity index (χ4v) is 3.71. The Balaban J connectivity index is 1.51. The van der Waals surface area contributed by atoms with Gasteiger partial charge in [0.05, 0.1) is 25.2 Å². The molecule has 5 rings (SSSR count). The van der Waals surface area contributed by atoms with Crippen LogP contribution in [-0.2, 0) is 0 Å². The van der Waals surface area contributed by atoms with Gasteiger partial charge in [0, 0.05) is 29.7 Å². The Morgan fingerprint density at radius 2 is 1.76 bits per heavy atom. The summed E-state index contributed by atoms with van der Waals surface area (Å²) >= 11 is 0. The summed E-state index contributed by atoms with van der Waals surface area (Å²) in [6, 6.07) is 14.0. The molecule has 1 unspecified atom stereocenters. The lowest BCUT2D eigenvalue weighted by molar-refractivity contribution is 0.419. The summed E-state index contributed by atoms with van der Waals surface area (Å²) in [6.45, 7) is 2.02. The Kier molecular flexibility index (Phi) is 5.40. The van der Waals surface area contributed by atoms with Crippen molar-refractivity contribution < 1.29 is 9.13 Å². The van der Waals surface area contributed by atoms with Crippen LogP contribution in [0.2, 0.25) is 0 Å². The molecular weight excluding hydrogens is 419 g/mol. The van der Waals surface area contributed by atoms with Crippen LogP contribution in [0.3, 0.4) is 0 Å². The third-order valence-electron chi connectivity index (χ3n) is 5.46. The van der Waals surface area contributed by atoms with Gasteiger partial charge in [0.1, 0.15) is 29.2 Å². The van der Waals surface area contributed by atoms with Crippen molar-refractivity contribution in [1.29, 1.82) is 0 Å². The van der Waals surface area contributed by atoms with Gasteiger partial charge in [-0.1, -0.05) is 12.1 Å². The number of fused-ring (bicyclic) bond motifs is 1. The van der Waals surface area contributed by atoms with Crippen LogP contribution in [0.15, 0.2) is 79.8 Å². The number of nitrogens with one attached hydrogen (secondary N) is 1. The van der Waals surface area contributed by atoms with Crippen LogP contribution in [0.1, 0.15) is 18.7 Å². The van der Waals surface area contributed by atoms with E-state index in [4.69, 9.17) is 4.74 Å². The molecule has 0 amide bonds. The fraction of sp³-hybridized carbons (Fsp3) is 0.120. The van der Waals surface area contributed by atoms with Crippen LogP contribution < -0.4 is 10.1 Å². The van der Waals surface area contributed by atoms with E-state index in [1.54, 1.807) is 38.0 Å². The maximum Gasteiger partial charge on any atom is 0.145 e. The van der Waals surface area contributed by atoms with E-state index in [9.17, 15) is 4.39 Å². The third-order valence-corrected chi connectivity index (χ3v) is 5.46. The molecule has 8 heteroatoms. The molecule has 1 atom stereocenters. The molecule has 3 heterocycles. The first kappa shape index (κ1) is 20.6. The molecule has 0 aliphatic rings. The second kappa shape index (κ2) is 8.66. The lowest BCUT2D eigenvalue weighted by atomic mass is 10.0. The van der Waals surface area contributed by atoms with Gasteiger partial charge >= 0.3 is 0 Å². The van der Waals surface area contributed by atoms with Gasteiger partial charge in [0.2, 0.25) is 0 Å². The molecule has 0 radical (unpaired) electrons. The van der Waals surface area contributed by atoms with Crippen molar-refractivity contribution in [2.75, 3.05) is 12.4 Å². The predicted octanol–water partition coefficient (Wildman–Crippen LogP) is 5.20. The number of methoxy groups -OCH3 is 1. The standard InChI is InChI=1S/C25H21FN6O/c1-16(22-13-32(15-30-22)20-7-9-27-10-8-20)31-25-21-11-18(17-3-5-19(26)6-4-17)12-23(33-2)24(21)28-14-29-25/h3-16H,1-2H3,(H,28,29,31). The number of benzene rings is 2. The van der Waals surface area contributed by atoms with Crippen LogP contribution in [0.25, 0.3) is 27.7 Å². The lowest BCUT2D eigenvalue weighted by Gasteiger charge is -2.16. The Labute approximate surface area is 190 Å². The summed E-state index contributed by atoms with van der Waals surface area (Å²) in [6.07, 6.45) is 8.75. The van der Waals surface area contributed by atoms with Gasteiger partial charge in [0.25, 0.3) is 0 Å². The van der Waals surface area contributed by atoms with Gasteiger partial charge in [-0.2, -0.15) is 0 Å². The van der Waals surface area contributed by atoms with E-state index in [0.29, 0.717) is 17.1 Å². The van der Waals surface area contributed by atoms with E-state index >= 15 is 0 Å². The quantitative estimate of drug-likeness (QED) is 0.391. The van der Waals surface area contributed by atoms with Crippen molar-refractivity contribution in [1.82, 2.24) is 24.5 Å². The molecule has 5 aromatic rings. The van der Waals surface area contributed by atoms with E-state index < -0.39 is 0 Å². The Morgan fingerprint density at radius 1 is 0.970 bits per heavy atom. The highest BCUT2D eigenvalue weighted by molar-refractivity contribution is 5.96. The van der Waals surface area contributed by atoms with Crippen molar-refractivity contribution in [3.05, 3.63) is 91.3 Å². The van der Waals surface area contributed by atoms with Gasteiger partial charge in [-0.3, -0.25) is 4.98 Å². The Hall–Kier alpha value is -4.33. The maximum atomic E-state index is 13.4. The normalized spacial score (nSPS) is 12.0. The molecule has 164 valence electrons. The van der Waals surface area contributed by atoms with Crippen molar-refractivity contribution in [2.24, 2.45) is 0 Å². The van der Waals surface area contributed by atoms with Crippen molar-refractivity contribution in [2.45, 2.75) is 13.0 Å². The molecule has 0 aliphatic carbocycles. The number of aromatic nitrogens is 5. The smallest absolute Gasteiger partial charge is 0.145 e. The SMILES string of the molecule is COc1cc(-c2ccc(F)cc2)cc2c(NC(C)c3cn(-c4ccncc4)cn3)ncnc12. The number of rotatable bonds is 6. The Bertz CT molecular complexity index is 1400. The van der Waals surface area contributed by atoms with Crippen molar-refractivity contribution >= 4 is 16.7 Å². The number of imidazole rings is 1. The van der Waals surface area contributed by atoms with Crippen LogP contribution in [0.5, 0.6) is 5.75 Å². The first-order valence-electron chi connectivity index (χ1n) is 10.4. The molecule has 0 saturated carbocycles. The third kappa shape index (κ3) is 4.10. The molecule has 0 spiro atoms. The van der Waals surface area contributed by atoms with Crippen LogP contribution in [0, 0.1) is 5.82 Å². The summed E-state index contributed by atoms with van der Waals surface area (Å²) in [5.41, 5.74) is 4.29. The molecule has 0 aliphatic heterocycles. The summed E-state index contributed by atoms with van der Waals surface area (Å²) in [5, 5.41) is 4.25. The molecule has 3 aromatic heterocycles. The minimum atomic E-state index is -0.280. The molecule has 33 heavy (non-hydrogen) atoms. The van der Waals surface area contributed by atoms with Crippen LogP contribution >= 0.6 is 0 Å². The highest BCUT2D eigenvalue weighted by Gasteiger charge is 2.16. The monoisotopic (exact) mass is 440 g/mol. The van der Waals surface area contributed by atoms with E-state index in [0.717, 1.165) is 27.9 Å². The van der Waals surface area contributed by atoms with E-state index in [-0.39, 0.29) is 11.9 Å². The predicted molar refractivity (Wildman–Crippen MR) is 125 cm³/mol. The minimum Gasteiger partial charge on any atom is -0.494 e. The van der Waals surface area contributed by atoms with E-state index in [2.05, 4.69) is 25.3 Å². The topological polar surface area (TPSA) is 77.8 Å². The Morgan fingerprint density at radius 3 is 2.52 bits per heavy atom. The lowest BCUT2D eigenvalue weighted by Crippen LogP contribution is -2.09. The van der Waals surface area contributed by atoms with Crippen molar-refractivity contribution in [3.63, 3.8) is 0 Å². The zero-order valence-corrected chi connectivity index (χ0v) is 18.1. The number of pyridine rings is 1. The molecule has 0 fully saturated rings. The zero-order chi connectivity index (χ0) is 22.8. The highest BCUT2D eigenvalue weighted by atomic mass is 19.1. The number of hydrogen-bond acceptors (Lipinski definition) is 6. The van der Waals surface area contributed by atoms with Gasteiger partial charge in [0.15, 0.2) is 0 Å². The van der Waals surface area contributed by atoms with Crippen molar-refractivity contribution in [3.8, 4) is 22.6 Å². The van der Waals surface area contributed by atoms with Crippen LogP contribution in [-0.4, -0.2) is 31.6 Å². The largest absolute Gasteiger partial charge is 0.494 e. The summed E-state index contributed by atoms with van der Waals surface area (Å²) < 4.78 is 21.0. The van der Waals surface area contributed by atoms with Gasteiger partial charge in [-0.05, 0) is 54.4 Å². The first-order chi connectivity index (χ1) is 16.1. The summed E-state index contributed by atoms with van der Waals surface area (Å²) in [4.78, 5) is 17.5. The number of anilines is 1. The average Bonchev–Trinajstić information content (AvgIpc) is 3.35. The van der Waals surface area contributed by atoms with Gasteiger partial charge in [-0.25, -0.2) is 19.3 Å². The molecule has 1 N–H and O–H groups in total. The van der Waals surface area contributed by atoms with E-state index in [1.165, 1.54) is 18.5 Å². The minimum absolute atomic E-state index is 0.119. The molecular formula is C25H21FN6O. The highest BCUT2D eigenvalue weighted by Crippen LogP contribution is 2.35. The number of ether oxygens (including phenoxy) is 1. The summed E-state index contributed by atoms with van der Waals surface area (Å²) in [7, 11) is 1.60. The number of halogens is 1. The second-order valence-electron chi connectivity index (χ2n) is 7.58. The zero-order valence-electron chi connectivity index (χ0n) is 18.1. The van der Waals surface area contributed by atoms with Gasteiger partial charge in [-0.15, -0.1) is 0 Å². The maximum absolute atomic E-state index is 13.4. The fourth-order valence-electron chi connectivity index (χ4n) is 3.71. The van der Waals surface area contributed by atoms with Gasteiger partial charge < -0.3 is 14.6 Å². The number of hydrogen-bond donors (Lipinski definition) is 1. The molecule has 0 saturated heterocycles. The van der Waals surface area contributed by atoms with Crippen LogP contribution in [0.4, 0.5) is 10.2 Å². The van der Waals surface area contributed by atoms with E-state index in [1.807, 2.05) is 42.0 Å². The summed E-state index contributed by atoms with van der Waals surface area (Å²) in [5.74, 6) is 0.998. The molecule has 0 bridgehead atoms. The number of nitrogens with zero attached hydrogens (tertiary/aromatic N) is 5.